The van der Waals surface area contributed by atoms with Gasteiger partial charge in [0.25, 0.3) is 0 Å². The molecule has 1 aliphatic rings. The van der Waals surface area contributed by atoms with Crippen molar-refractivity contribution < 1.29 is 27.5 Å². The van der Waals surface area contributed by atoms with Crippen LogP contribution in [0, 0.1) is 0 Å². The molecule has 4 rings (SSSR count). The Morgan fingerprint density at radius 3 is 2.60 bits per heavy atom. The number of morpholine rings is 1. The smallest absolute Gasteiger partial charge is 0.378 e. The summed E-state index contributed by atoms with van der Waals surface area (Å²) >= 11 is 5.60. The largest absolute Gasteiger partial charge is 0.417 e. The van der Waals surface area contributed by atoms with Crippen LogP contribution < -0.4 is 15.5 Å². The number of urea groups is 1. The van der Waals surface area contributed by atoms with E-state index in [1.54, 1.807) is 31.3 Å². The van der Waals surface area contributed by atoms with Gasteiger partial charge in [-0.2, -0.15) is 13.2 Å². The lowest BCUT2D eigenvalue weighted by atomic mass is 10.0. The van der Waals surface area contributed by atoms with Gasteiger partial charge in [0.2, 0.25) is 0 Å². The molecule has 0 unspecified atom stereocenters. The SMILES string of the molecule is C=C(/C=C\C=C(/C)NC(=O)Nc1ccc(Cl)c(C(F)(F)F)c1)C(=O)c1ccc2ncc(N3CCOCC3)nc2c1. The maximum absolute atomic E-state index is 13.0. The maximum Gasteiger partial charge on any atom is 0.417 e. The van der Waals surface area contributed by atoms with Gasteiger partial charge >= 0.3 is 12.2 Å². The quantitative estimate of drug-likeness (QED) is 0.200. The number of amides is 2. The average molecular weight is 572 g/mol. The maximum atomic E-state index is 13.0. The molecule has 0 bridgehead atoms. The topological polar surface area (TPSA) is 96.5 Å². The Morgan fingerprint density at radius 1 is 1.12 bits per heavy atom. The van der Waals surface area contributed by atoms with E-state index < -0.39 is 22.8 Å². The molecular weight excluding hydrogens is 547 g/mol. The average Bonchev–Trinajstić information content (AvgIpc) is 2.92. The third kappa shape index (κ3) is 7.25. The molecule has 1 fully saturated rings. The Balaban J connectivity index is 1.37. The van der Waals surface area contributed by atoms with Crippen LogP contribution in [0.15, 0.2) is 78.7 Å². The van der Waals surface area contributed by atoms with Crippen LogP contribution in [0.1, 0.15) is 22.8 Å². The predicted molar refractivity (Wildman–Crippen MR) is 148 cm³/mol. The highest BCUT2D eigenvalue weighted by molar-refractivity contribution is 6.31. The van der Waals surface area contributed by atoms with Crippen LogP contribution in [0.4, 0.5) is 29.5 Å². The fourth-order valence-corrected chi connectivity index (χ4v) is 4.09. The number of anilines is 2. The number of rotatable bonds is 7. The van der Waals surface area contributed by atoms with Crippen molar-refractivity contribution in [2.24, 2.45) is 0 Å². The van der Waals surface area contributed by atoms with Gasteiger partial charge in [0.05, 0.1) is 41.0 Å². The third-order valence-corrected chi connectivity index (χ3v) is 6.23. The van der Waals surface area contributed by atoms with E-state index in [4.69, 9.17) is 16.3 Å². The number of carbonyl (C=O) groups is 2. The second-order valence-corrected chi connectivity index (χ2v) is 9.27. The number of carbonyl (C=O) groups excluding carboxylic acids is 2. The summed E-state index contributed by atoms with van der Waals surface area (Å²) in [5.74, 6) is 0.407. The molecule has 0 saturated carbocycles. The van der Waals surface area contributed by atoms with E-state index in [1.807, 2.05) is 0 Å². The molecule has 2 heterocycles. The van der Waals surface area contributed by atoms with Crippen molar-refractivity contribution in [3.8, 4) is 0 Å². The number of fused-ring (bicyclic) bond motifs is 1. The van der Waals surface area contributed by atoms with E-state index in [-0.39, 0.29) is 17.0 Å². The number of hydrogen-bond donors (Lipinski definition) is 2. The second kappa shape index (κ2) is 12.3. The molecule has 2 amide bonds. The second-order valence-electron chi connectivity index (χ2n) is 8.87. The van der Waals surface area contributed by atoms with Gasteiger partial charge in [-0.3, -0.25) is 9.78 Å². The zero-order valence-corrected chi connectivity index (χ0v) is 22.1. The summed E-state index contributed by atoms with van der Waals surface area (Å²) in [5, 5.41) is 4.35. The highest BCUT2D eigenvalue weighted by Crippen LogP contribution is 2.36. The molecule has 0 atom stereocenters. The lowest BCUT2D eigenvalue weighted by Gasteiger charge is -2.27. The number of alkyl halides is 3. The number of benzene rings is 2. The molecule has 0 spiro atoms. The van der Waals surface area contributed by atoms with Crippen molar-refractivity contribution in [3.05, 3.63) is 94.8 Å². The first kappa shape index (κ1) is 28.8. The molecule has 40 heavy (non-hydrogen) atoms. The van der Waals surface area contributed by atoms with Gasteiger partial charge in [-0.15, -0.1) is 0 Å². The number of hydrogen-bond acceptors (Lipinski definition) is 6. The molecule has 1 aromatic heterocycles. The highest BCUT2D eigenvalue weighted by atomic mass is 35.5. The van der Waals surface area contributed by atoms with Crippen molar-refractivity contribution in [2.75, 3.05) is 36.5 Å². The van der Waals surface area contributed by atoms with Crippen LogP contribution in [0.3, 0.4) is 0 Å². The van der Waals surface area contributed by atoms with Gasteiger partial charge in [0.15, 0.2) is 5.78 Å². The summed E-state index contributed by atoms with van der Waals surface area (Å²) in [5.41, 5.74) is 1.08. The zero-order valence-electron chi connectivity index (χ0n) is 21.4. The van der Waals surface area contributed by atoms with E-state index in [0.717, 1.165) is 12.1 Å². The molecule has 1 saturated heterocycles. The fourth-order valence-electron chi connectivity index (χ4n) is 3.86. The number of nitrogens with zero attached hydrogens (tertiary/aromatic N) is 3. The van der Waals surface area contributed by atoms with Gasteiger partial charge in [-0.05, 0) is 49.4 Å². The van der Waals surface area contributed by atoms with Crippen LogP contribution in [0.25, 0.3) is 11.0 Å². The highest BCUT2D eigenvalue weighted by Gasteiger charge is 2.33. The predicted octanol–water partition coefficient (Wildman–Crippen LogP) is 6.16. The molecule has 2 aromatic carbocycles. The van der Waals surface area contributed by atoms with Crippen LogP contribution in [-0.2, 0) is 10.9 Å². The normalized spacial score (nSPS) is 14.4. The van der Waals surface area contributed by atoms with Crippen molar-refractivity contribution in [2.45, 2.75) is 13.1 Å². The first-order chi connectivity index (χ1) is 19.0. The van der Waals surface area contributed by atoms with Crippen molar-refractivity contribution >= 4 is 46.0 Å². The Hall–Kier alpha value is -4.22. The summed E-state index contributed by atoms with van der Waals surface area (Å²) in [6.07, 6.45) is 1.58. The Kier molecular flexibility index (Phi) is 8.86. The first-order valence-electron chi connectivity index (χ1n) is 12.1. The third-order valence-electron chi connectivity index (χ3n) is 5.90. The van der Waals surface area contributed by atoms with E-state index in [9.17, 15) is 22.8 Å². The summed E-state index contributed by atoms with van der Waals surface area (Å²) in [7, 11) is 0. The molecule has 12 heteroatoms. The minimum absolute atomic E-state index is 0.0753. The summed E-state index contributed by atoms with van der Waals surface area (Å²) in [6, 6.07) is 7.36. The number of Topliss-reactive ketones (excluding diaryl/α,β-unsaturated/α-hetero) is 1. The number of halogens is 4. The summed E-state index contributed by atoms with van der Waals surface area (Å²) < 4.78 is 44.5. The lowest BCUT2D eigenvalue weighted by molar-refractivity contribution is -0.137. The van der Waals surface area contributed by atoms with Gasteiger partial charge in [0.1, 0.15) is 5.82 Å². The molecule has 208 valence electrons. The summed E-state index contributed by atoms with van der Waals surface area (Å²) in [6.45, 7) is 8.05. The van der Waals surface area contributed by atoms with E-state index >= 15 is 0 Å². The minimum atomic E-state index is -4.65. The molecule has 0 aliphatic carbocycles. The number of aromatic nitrogens is 2. The van der Waals surface area contributed by atoms with Gasteiger partial charge < -0.3 is 20.3 Å². The van der Waals surface area contributed by atoms with Gasteiger partial charge in [-0.25, -0.2) is 9.78 Å². The Bertz CT molecular complexity index is 1510. The van der Waals surface area contributed by atoms with Gasteiger partial charge in [-0.1, -0.05) is 30.3 Å². The number of ketones is 1. The van der Waals surface area contributed by atoms with Crippen LogP contribution in [0.5, 0.6) is 0 Å². The Morgan fingerprint density at radius 2 is 1.88 bits per heavy atom. The van der Waals surface area contributed by atoms with E-state index in [2.05, 4.69) is 32.1 Å². The number of allylic oxidation sites excluding steroid dienone is 5. The van der Waals surface area contributed by atoms with Crippen LogP contribution >= 0.6 is 11.6 Å². The van der Waals surface area contributed by atoms with E-state index in [0.29, 0.717) is 54.4 Å². The molecule has 2 N–H and O–H groups in total. The summed E-state index contributed by atoms with van der Waals surface area (Å²) in [4.78, 5) is 36.3. The molecular formula is C28H25ClF3N5O3. The fraction of sp³-hybridized carbons (Fsp3) is 0.214. The van der Waals surface area contributed by atoms with Crippen LogP contribution in [0.2, 0.25) is 5.02 Å². The minimum Gasteiger partial charge on any atom is -0.378 e. The standard InChI is InChI=1S/C28H25ClF3N5O3/c1-17(4-3-5-18(2)34-27(39)35-20-7-8-22(29)21(15-20)28(30,31)32)26(38)19-6-9-23-24(14-19)36-25(16-33-23)37-10-12-40-13-11-37/h3-9,14-16H,1,10-13H2,2H3,(H2,34,35,39)/b4-3-,18-5+. The van der Waals surface area contributed by atoms with Crippen molar-refractivity contribution in [1.29, 1.82) is 0 Å². The zero-order chi connectivity index (χ0) is 28.9. The lowest BCUT2D eigenvalue weighted by Crippen LogP contribution is -2.36. The molecule has 8 nitrogen and oxygen atoms in total. The molecule has 1 aliphatic heterocycles. The van der Waals surface area contributed by atoms with Gasteiger partial charge in [0, 0.05) is 35.6 Å². The number of ether oxygens (including phenoxy) is 1. The van der Waals surface area contributed by atoms with Crippen LogP contribution in [-0.4, -0.2) is 48.1 Å². The monoisotopic (exact) mass is 571 g/mol. The first-order valence-corrected chi connectivity index (χ1v) is 12.5. The molecule has 0 radical (unpaired) electrons. The molecule has 3 aromatic rings. The number of nitrogens with one attached hydrogen (secondary N) is 2. The Labute approximate surface area is 233 Å². The van der Waals surface area contributed by atoms with Crippen molar-refractivity contribution in [1.82, 2.24) is 15.3 Å². The van der Waals surface area contributed by atoms with E-state index in [1.165, 1.54) is 24.3 Å². The van der Waals surface area contributed by atoms with Crippen molar-refractivity contribution in [3.63, 3.8) is 0 Å².